The Morgan fingerprint density at radius 2 is 2.00 bits per heavy atom. The summed E-state index contributed by atoms with van der Waals surface area (Å²) in [6.07, 6.45) is 2.70. The van der Waals surface area contributed by atoms with Crippen LogP contribution in [0.3, 0.4) is 0 Å². The molecule has 1 aromatic rings. The van der Waals surface area contributed by atoms with Crippen LogP contribution in [0.4, 0.5) is 0 Å². The second kappa shape index (κ2) is 6.68. The molecule has 0 saturated carbocycles. The highest BCUT2D eigenvalue weighted by Gasteiger charge is 2.38. The first kappa shape index (κ1) is 15.7. The monoisotopic (exact) mass is 319 g/mol. The zero-order chi connectivity index (χ0) is 14.5. The minimum Gasteiger partial charge on any atom is -0.299 e. The number of nitriles is 1. The van der Waals surface area contributed by atoms with E-state index in [1.807, 2.05) is 12.1 Å². The van der Waals surface area contributed by atoms with Crippen LogP contribution in [-0.4, -0.2) is 5.78 Å². The number of hydrogen-bond donors (Lipinski definition) is 0. The van der Waals surface area contributed by atoms with E-state index in [2.05, 4.69) is 35.5 Å². The van der Waals surface area contributed by atoms with E-state index in [9.17, 15) is 4.79 Å². The molecule has 0 N–H and O–H groups in total. The van der Waals surface area contributed by atoms with Crippen LogP contribution in [-0.2, 0) is 10.2 Å². The van der Waals surface area contributed by atoms with Crippen LogP contribution in [0, 0.1) is 11.3 Å². The lowest BCUT2D eigenvalue weighted by molar-refractivity contribution is -0.121. The fourth-order valence-electron chi connectivity index (χ4n) is 2.28. The highest BCUT2D eigenvalue weighted by molar-refractivity contribution is 9.11. The molecule has 0 aliphatic heterocycles. The molecule has 19 heavy (non-hydrogen) atoms. The normalized spacial score (nSPS) is 13.4. The average Bonchev–Trinajstić information content (AvgIpc) is 2.39. The topological polar surface area (TPSA) is 40.9 Å². The van der Waals surface area contributed by atoms with Gasteiger partial charge in [-0.2, -0.15) is 5.26 Å². The molecule has 0 aromatic heterocycles. The maximum Gasteiger partial charge on any atom is 0.145 e. The van der Waals surface area contributed by atoms with Crippen molar-refractivity contribution in [2.24, 2.45) is 0 Å². The Hall–Kier alpha value is -1.40. The first-order valence-corrected chi connectivity index (χ1v) is 7.15. The Morgan fingerprint density at radius 3 is 2.37 bits per heavy atom. The van der Waals surface area contributed by atoms with Gasteiger partial charge in [0.25, 0.3) is 0 Å². The van der Waals surface area contributed by atoms with Gasteiger partial charge in [0.1, 0.15) is 5.78 Å². The Balaban J connectivity index is 3.32. The van der Waals surface area contributed by atoms with E-state index in [0.29, 0.717) is 10.0 Å². The largest absolute Gasteiger partial charge is 0.299 e. The van der Waals surface area contributed by atoms with E-state index in [1.165, 1.54) is 0 Å². The van der Waals surface area contributed by atoms with Gasteiger partial charge >= 0.3 is 0 Å². The third kappa shape index (κ3) is 3.13. The molecule has 2 nitrogen and oxygen atoms in total. The van der Waals surface area contributed by atoms with E-state index in [1.54, 1.807) is 19.1 Å². The molecule has 0 radical (unpaired) electrons. The predicted molar refractivity (Wildman–Crippen MR) is 81.1 cm³/mol. The molecule has 0 spiro atoms. The van der Waals surface area contributed by atoms with Crippen LogP contribution >= 0.6 is 15.9 Å². The molecule has 1 unspecified atom stereocenters. The van der Waals surface area contributed by atoms with Crippen molar-refractivity contribution in [1.82, 2.24) is 0 Å². The van der Waals surface area contributed by atoms with Gasteiger partial charge in [-0.25, -0.2) is 0 Å². The molecule has 0 fully saturated rings. The zero-order valence-corrected chi connectivity index (χ0v) is 13.0. The molecule has 100 valence electrons. The van der Waals surface area contributed by atoms with Crippen molar-refractivity contribution in [3.05, 3.63) is 46.5 Å². The highest BCUT2D eigenvalue weighted by atomic mass is 79.9. The zero-order valence-electron chi connectivity index (χ0n) is 11.4. The van der Waals surface area contributed by atoms with E-state index in [0.717, 1.165) is 24.8 Å². The Morgan fingerprint density at radius 1 is 1.42 bits per heavy atom. The van der Waals surface area contributed by atoms with E-state index < -0.39 is 5.41 Å². The lowest BCUT2D eigenvalue weighted by Crippen LogP contribution is -2.34. The molecule has 1 atom stereocenters. The summed E-state index contributed by atoms with van der Waals surface area (Å²) in [5.41, 5.74) is 0.801. The molecule has 3 heteroatoms. The molecule has 0 heterocycles. The average molecular weight is 320 g/mol. The van der Waals surface area contributed by atoms with Crippen molar-refractivity contribution in [3.63, 3.8) is 0 Å². The summed E-state index contributed by atoms with van der Waals surface area (Å²) in [7, 11) is 0. The molecule has 0 bridgehead atoms. The van der Waals surface area contributed by atoms with Crippen LogP contribution in [0.1, 0.15) is 44.2 Å². The molecule has 1 rings (SSSR count). The van der Waals surface area contributed by atoms with Crippen molar-refractivity contribution in [2.75, 3.05) is 0 Å². The molecule has 0 amide bonds. The number of Topliss-reactive ketones (excluding diaryl/α,β-unsaturated/α-hetero) is 1. The Labute approximate surface area is 123 Å². The first-order chi connectivity index (χ1) is 8.98. The number of ketones is 1. The van der Waals surface area contributed by atoms with Crippen molar-refractivity contribution >= 4 is 21.7 Å². The third-order valence-corrected chi connectivity index (χ3v) is 4.15. The van der Waals surface area contributed by atoms with Crippen molar-refractivity contribution in [2.45, 2.75) is 38.5 Å². The van der Waals surface area contributed by atoms with Crippen LogP contribution < -0.4 is 0 Å². The fraction of sp³-hybridized carbons (Fsp3) is 0.375. The maximum absolute atomic E-state index is 12.2. The summed E-state index contributed by atoms with van der Waals surface area (Å²) < 4.78 is 0.686. The smallest absolute Gasteiger partial charge is 0.145 e. The van der Waals surface area contributed by atoms with Crippen LogP contribution in [0.2, 0.25) is 0 Å². The number of benzene rings is 1. The van der Waals surface area contributed by atoms with Gasteiger partial charge in [0.15, 0.2) is 0 Å². The molecule has 0 saturated heterocycles. The number of halogens is 1. The fourth-order valence-corrected chi connectivity index (χ4v) is 2.98. The van der Waals surface area contributed by atoms with Gasteiger partial charge < -0.3 is 0 Å². The first-order valence-electron chi connectivity index (χ1n) is 6.35. The van der Waals surface area contributed by atoms with Crippen molar-refractivity contribution in [3.8, 4) is 6.07 Å². The summed E-state index contributed by atoms with van der Waals surface area (Å²) >= 11 is 3.42. The van der Waals surface area contributed by atoms with E-state index in [-0.39, 0.29) is 5.78 Å². The maximum atomic E-state index is 12.2. The van der Waals surface area contributed by atoms with Gasteiger partial charge in [0, 0.05) is 4.48 Å². The van der Waals surface area contributed by atoms with Gasteiger partial charge in [-0.1, -0.05) is 54.4 Å². The number of rotatable bonds is 6. The quantitative estimate of drug-likeness (QED) is 0.775. The molecular formula is C16H18BrNO. The number of unbranched alkanes of at least 4 members (excludes halogenated alkanes) is 1. The molecule has 0 aliphatic rings. The highest BCUT2D eigenvalue weighted by Crippen LogP contribution is 2.40. The van der Waals surface area contributed by atoms with E-state index >= 15 is 0 Å². The van der Waals surface area contributed by atoms with Gasteiger partial charge in [0.05, 0.1) is 17.0 Å². The minimum atomic E-state index is -0.690. The number of nitrogens with zero attached hydrogens (tertiary/aromatic N) is 1. The molecule has 1 aromatic carbocycles. The van der Waals surface area contributed by atoms with Gasteiger partial charge in [-0.3, -0.25) is 4.79 Å². The standard InChI is InChI=1S/C16H18BrNO/c1-4-5-10-16(12(2)17,13(3)19)15-8-6-14(11-18)7-9-15/h6-9H,2,4-5,10H2,1,3H3. The Kier molecular flexibility index (Phi) is 5.50. The van der Waals surface area contributed by atoms with E-state index in [4.69, 9.17) is 5.26 Å². The lowest BCUT2D eigenvalue weighted by Gasteiger charge is -2.31. The number of carbonyl (C=O) groups is 1. The van der Waals surface area contributed by atoms with Crippen molar-refractivity contribution < 1.29 is 4.79 Å². The summed E-state index contributed by atoms with van der Waals surface area (Å²) in [6.45, 7) is 7.65. The number of hydrogen-bond acceptors (Lipinski definition) is 2. The van der Waals surface area contributed by atoms with Gasteiger partial charge in [0.2, 0.25) is 0 Å². The van der Waals surface area contributed by atoms with Crippen LogP contribution in [0.25, 0.3) is 0 Å². The summed E-state index contributed by atoms with van der Waals surface area (Å²) in [4.78, 5) is 12.2. The lowest BCUT2D eigenvalue weighted by atomic mass is 9.73. The number of allylic oxidation sites excluding steroid dienone is 1. The predicted octanol–water partition coefficient (Wildman–Crippen LogP) is 4.48. The molecule has 0 aliphatic carbocycles. The number of carbonyl (C=O) groups excluding carboxylic acids is 1. The van der Waals surface area contributed by atoms with Gasteiger partial charge in [-0.05, 0) is 31.0 Å². The second-order valence-corrected chi connectivity index (χ2v) is 5.62. The summed E-state index contributed by atoms with van der Waals surface area (Å²) in [5, 5.41) is 8.85. The molecular weight excluding hydrogens is 302 g/mol. The van der Waals surface area contributed by atoms with Crippen LogP contribution in [0.5, 0.6) is 0 Å². The SMILES string of the molecule is C=C(Br)C(CCCC)(C(C)=O)c1ccc(C#N)cc1. The Bertz CT molecular complexity index is 497. The third-order valence-electron chi connectivity index (χ3n) is 3.48. The second-order valence-electron chi connectivity index (χ2n) is 4.66. The van der Waals surface area contributed by atoms with Crippen molar-refractivity contribution in [1.29, 1.82) is 5.26 Å². The summed E-state index contributed by atoms with van der Waals surface area (Å²) in [5.74, 6) is 0.0764. The van der Waals surface area contributed by atoms with Gasteiger partial charge in [-0.15, -0.1) is 0 Å². The minimum absolute atomic E-state index is 0.0764. The summed E-state index contributed by atoms with van der Waals surface area (Å²) in [6, 6.07) is 9.28. The van der Waals surface area contributed by atoms with Crippen LogP contribution in [0.15, 0.2) is 35.3 Å².